The average Bonchev–Trinajstić information content (AvgIpc) is 2.71. The monoisotopic (exact) mass is 440 g/mol. The van der Waals surface area contributed by atoms with Crippen LogP contribution in [0.4, 0.5) is 0 Å². The summed E-state index contributed by atoms with van der Waals surface area (Å²) < 4.78 is 6.13. The smallest absolute Gasteiger partial charge is 0.347 e. The number of ether oxygens (including phenoxy) is 1. The van der Waals surface area contributed by atoms with Crippen molar-refractivity contribution in [1.82, 2.24) is 9.78 Å². The van der Waals surface area contributed by atoms with E-state index in [0.717, 1.165) is 10.2 Å². The summed E-state index contributed by atoms with van der Waals surface area (Å²) in [6.45, 7) is 8.03. The van der Waals surface area contributed by atoms with Gasteiger partial charge in [0.05, 0.1) is 13.2 Å². The molecule has 1 aromatic heterocycles. The zero-order valence-corrected chi connectivity index (χ0v) is 18.7. The molecule has 0 aliphatic rings. The molecule has 0 aliphatic carbocycles. The quantitative estimate of drug-likeness (QED) is 0.577. The van der Waals surface area contributed by atoms with Crippen LogP contribution in [0.5, 0.6) is 5.75 Å². The van der Waals surface area contributed by atoms with E-state index in [9.17, 15) is 14.7 Å². The molecule has 0 atom stereocenters. The summed E-state index contributed by atoms with van der Waals surface area (Å²) >= 11 is 6.24. The number of nitrogens with zero attached hydrogens (tertiary/aromatic N) is 2. The SMILES string of the molecule is CCOC(=O)c1c(O)c(-c2ccc(C(C)(C)C)cc2)nn(Cc2ccccc2Cl)c1=O. The fourth-order valence-corrected chi connectivity index (χ4v) is 3.36. The van der Waals surface area contributed by atoms with E-state index in [1.165, 1.54) is 0 Å². The van der Waals surface area contributed by atoms with E-state index in [-0.39, 0.29) is 24.3 Å². The molecule has 0 saturated carbocycles. The fraction of sp³-hybridized carbons (Fsp3) is 0.292. The van der Waals surface area contributed by atoms with Crippen LogP contribution in [0.25, 0.3) is 11.3 Å². The second kappa shape index (κ2) is 8.94. The van der Waals surface area contributed by atoms with Gasteiger partial charge in [0.2, 0.25) is 0 Å². The molecule has 6 nitrogen and oxygen atoms in total. The number of carbonyl (C=O) groups is 1. The van der Waals surface area contributed by atoms with Gasteiger partial charge in [-0.2, -0.15) is 5.10 Å². The molecule has 162 valence electrons. The van der Waals surface area contributed by atoms with Gasteiger partial charge in [0.25, 0.3) is 5.56 Å². The van der Waals surface area contributed by atoms with Gasteiger partial charge in [-0.1, -0.05) is 74.8 Å². The first-order valence-corrected chi connectivity index (χ1v) is 10.4. The normalized spacial score (nSPS) is 11.4. The lowest BCUT2D eigenvalue weighted by Crippen LogP contribution is -2.30. The minimum absolute atomic E-state index is 0.0399. The molecule has 0 bridgehead atoms. The molecule has 0 unspecified atom stereocenters. The number of esters is 1. The molecule has 7 heteroatoms. The zero-order chi connectivity index (χ0) is 22.8. The molecular formula is C24H25ClN2O4. The van der Waals surface area contributed by atoms with E-state index in [0.29, 0.717) is 16.1 Å². The Labute approximate surface area is 186 Å². The maximum absolute atomic E-state index is 13.0. The Balaban J connectivity index is 2.18. The number of hydrogen-bond acceptors (Lipinski definition) is 5. The summed E-state index contributed by atoms with van der Waals surface area (Å²) in [5, 5.41) is 15.6. The molecule has 0 aliphatic heterocycles. The van der Waals surface area contributed by atoms with Crippen molar-refractivity contribution in [3.05, 3.63) is 80.6 Å². The fourth-order valence-electron chi connectivity index (χ4n) is 3.17. The van der Waals surface area contributed by atoms with Gasteiger partial charge in [0, 0.05) is 10.6 Å². The van der Waals surface area contributed by atoms with Crippen LogP contribution >= 0.6 is 11.6 Å². The van der Waals surface area contributed by atoms with Crippen LogP contribution in [-0.4, -0.2) is 27.5 Å². The number of hydrogen-bond donors (Lipinski definition) is 1. The first kappa shape index (κ1) is 22.6. The predicted molar refractivity (Wildman–Crippen MR) is 121 cm³/mol. The van der Waals surface area contributed by atoms with Gasteiger partial charge in [-0.15, -0.1) is 0 Å². The lowest BCUT2D eigenvalue weighted by atomic mass is 9.86. The van der Waals surface area contributed by atoms with E-state index in [4.69, 9.17) is 16.3 Å². The third kappa shape index (κ3) is 4.80. The predicted octanol–water partition coefficient (Wildman–Crippen LogP) is 4.79. The van der Waals surface area contributed by atoms with E-state index in [1.54, 1.807) is 31.2 Å². The van der Waals surface area contributed by atoms with Gasteiger partial charge < -0.3 is 9.84 Å². The lowest BCUT2D eigenvalue weighted by molar-refractivity contribution is 0.0519. The average molecular weight is 441 g/mol. The summed E-state index contributed by atoms with van der Waals surface area (Å²) in [5.41, 5.74) is 1.22. The number of aromatic hydroxyl groups is 1. The van der Waals surface area contributed by atoms with Crippen molar-refractivity contribution in [1.29, 1.82) is 0 Å². The molecule has 2 aromatic carbocycles. The van der Waals surface area contributed by atoms with Crippen molar-refractivity contribution in [3.8, 4) is 17.0 Å². The van der Waals surface area contributed by atoms with Crippen molar-refractivity contribution in [2.75, 3.05) is 6.61 Å². The van der Waals surface area contributed by atoms with Crippen LogP contribution in [0.3, 0.4) is 0 Å². The van der Waals surface area contributed by atoms with Gasteiger partial charge in [-0.05, 0) is 29.5 Å². The maximum atomic E-state index is 13.0. The second-order valence-corrected chi connectivity index (χ2v) is 8.58. The number of rotatable bonds is 5. The first-order valence-electron chi connectivity index (χ1n) is 9.99. The zero-order valence-electron chi connectivity index (χ0n) is 18.0. The number of carbonyl (C=O) groups excluding carboxylic acids is 1. The Hall–Kier alpha value is -3.12. The summed E-state index contributed by atoms with van der Waals surface area (Å²) in [5.74, 6) is -1.39. The summed E-state index contributed by atoms with van der Waals surface area (Å²) in [6.07, 6.45) is 0. The van der Waals surface area contributed by atoms with Crippen LogP contribution in [0, 0.1) is 0 Å². The van der Waals surface area contributed by atoms with Gasteiger partial charge >= 0.3 is 5.97 Å². The molecule has 0 amide bonds. The molecule has 3 rings (SSSR count). The van der Waals surface area contributed by atoms with Crippen LogP contribution < -0.4 is 5.56 Å². The van der Waals surface area contributed by atoms with Crippen LogP contribution in [0.15, 0.2) is 53.3 Å². The van der Waals surface area contributed by atoms with Crippen molar-refractivity contribution in [2.24, 2.45) is 0 Å². The lowest BCUT2D eigenvalue weighted by Gasteiger charge is -2.19. The molecular weight excluding hydrogens is 416 g/mol. The van der Waals surface area contributed by atoms with Crippen LogP contribution in [-0.2, 0) is 16.7 Å². The van der Waals surface area contributed by atoms with Crippen LogP contribution in [0.2, 0.25) is 5.02 Å². The maximum Gasteiger partial charge on any atom is 0.347 e. The Morgan fingerprint density at radius 3 is 2.35 bits per heavy atom. The van der Waals surface area contributed by atoms with Crippen molar-refractivity contribution in [2.45, 2.75) is 39.7 Å². The first-order chi connectivity index (χ1) is 14.6. The van der Waals surface area contributed by atoms with Gasteiger partial charge in [-0.3, -0.25) is 4.79 Å². The molecule has 31 heavy (non-hydrogen) atoms. The minimum atomic E-state index is -0.895. The van der Waals surface area contributed by atoms with E-state index >= 15 is 0 Å². The topological polar surface area (TPSA) is 81.4 Å². The number of halogens is 1. The molecule has 0 fully saturated rings. The molecule has 0 spiro atoms. The van der Waals surface area contributed by atoms with Crippen molar-refractivity contribution < 1.29 is 14.6 Å². The number of benzene rings is 2. The highest BCUT2D eigenvalue weighted by Crippen LogP contribution is 2.31. The Morgan fingerprint density at radius 2 is 1.77 bits per heavy atom. The summed E-state index contributed by atoms with van der Waals surface area (Å²) in [6, 6.07) is 14.5. The highest BCUT2D eigenvalue weighted by Gasteiger charge is 2.25. The van der Waals surface area contributed by atoms with E-state index < -0.39 is 22.8 Å². The third-order valence-corrected chi connectivity index (χ3v) is 5.28. The summed E-state index contributed by atoms with van der Waals surface area (Å²) in [7, 11) is 0. The van der Waals surface area contributed by atoms with E-state index in [2.05, 4.69) is 25.9 Å². The van der Waals surface area contributed by atoms with Crippen molar-refractivity contribution in [3.63, 3.8) is 0 Å². The van der Waals surface area contributed by atoms with Crippen molar-refractivity contribution >= 4 is 17.6 Å². The molecule has 1 N–H and O–H groups in total. The highest BCUT2D eigenvalue weighted by atomic mass is 35.5. The standard InChI is InChI=1S/C24H25ClN2O4/c1-5-31-23(30)19-21(28)20(15-10-12-17(13-11-15)24(2,3)4)26-27(22(19)29)14-16-8-6-7-9-18(16)25/h6-13,28H,5,14H2,1-4H3. The minimum Gasteiger partial charge on any atom is -0.505 e. The van der Waals surface area contributed by atoms with Crippen LogP contribution in [0.1, 0.15) is 49.2 Å². The Bertz CT molecular complexity index is 1160. The molecule has 3 aromatic rings. The van der Waals surface area contributed by atoms with Gasteiger partial charge in [-0.25, -0.2) is 9.48 Å². The second-order valence-electron chi connectivity index (χ2n) is 8.17. The third-order valence-electron chi connectivity index (χ3n) is 4.91. The van der Waals surface area contributed by atoms with E-state index in [1.807, 2.05) is 24.3 Å². The molecule has 0 radical (unpaired) electrons. The van der Waals surface area contributed by atoms with Gasteiger partial charge in [0.1, 0.15) is 5.69 Å². The highest BCUT2D eigenvalue weighted by molar-refractivity contribution is 6.31. The number of aromatic nitrogens is 2. The van der Waals surface area contributed by atoms with Gasteiger partial charge in [0.15, 0.2) is 11.3 Å². The molecule has 1 heterocycles. The Kier molecular flexibility index (Phi) is 6.51. The summed E-state index contributed by atoms with van der Waals surface area (Å²) in [4.78, 5) is 25.5. The Morgan fingerprint density at radius 1 is 1.13 bits per heavy atom. The largest absolute Gasteiger partial charge is 0.505 e. The molecule has 0 saturated heterocycles.